The van der Waals surface area contributed by atoms with E-state index in [1.165, 1.54) is 16.2 Å². The third-order valence-corrected chi connectivity index (χ3v) is 5.94. The summed E-state index contributed by atoms with van der Waals surface area (Å²) in [5, 5.41) is 3.30. The van der Waals surface area contributed by atoms with Crippen LogP contribution in [-0.2, 0) is 4.79 Å². The quantitative estimate of drug-likeness (QED) is 0.721. The Morgan fingerprint density at radius 1 is 1.10 bits per heavy atom. The van der Waals surface area contributed by atoms with Crippen LogP contribution in [0.25, 0.3) is 0 Å². The van der Waals surface area contributed by atoms with Crippen LogP contribution >= 0.6 is 0 Å². The molecule has 0 bridgehead atoms. The Morgan fingerprint density at radius 3 is 2.34 bits per heavy atom. The van der Waals surface area contributed by atoms with E-state index >= 15 is 0 Å². The van der Waals surface area contributed by atoms with Crippen LogP contribution in [0.15, 0.2) is 54.6 Å². The molecule has 5 nitrogen and oxygen atoms in total. The van der Waals surface area contributed by atoms with Gasteiger partial charge in [0.25, 0.3) is 5.91 Å². The number of piperazine rings is 1. The molecule has 1 amide bonds. The fraction of sp³-hybridized carbons (Fsp3) is 0.458. The Bertz CT molecular complexity index is 755. The normalized spacial score (nSPS) is 16.9. The molecule has 3 rings (SSSR count). The molecule has 156 valence electrons. The fourth-order valence-corrected chi connectivity index (χ4v) is 4.06. The van der Waals surface area contributed by atoms with Crippen molar-refractivity contribution >= 4 is 11.6 Å². The van der Waals surface area contributed by atoms with Gasteiger partial charge in [-0.2, -0.15) is 0 Å². The number of carbonyl (C=O) groups excluding carboxylic acids is 1. The molecule has 2 aromatic rings. The van der Waals surface area contributed by atoms with Crippen LogP contribution in [0.5, 0.6) is 5.75 Å². The molecule has 1 aliphatic rings. The van der Waals surface area contributed by atoms with Gasteiger partial charge >= 0.3 is 0 Å². The van der Waals surface area contributed by atoms with Crippen molar-refractivity contribution in [3.05, 3.63) is 60.2 Å². The van der Waals surface area contributed by atoms with Gasteiger partial charge < -0.3 is 19.9 Å². The predicted molar refractivity (Wildman–Crippen MR) is 118 cm³/mol. The molecule has 5 heteroatoms. The van der Waals surface area contributed by atoms with Crippen LogP contribution in [0.4, 0.5) is 5.69 Å². The molecular formula is C24H34N3O2+. The zero-order valence-corrected chi connectivity index (χ0v) is 17.9. The highest BCUT2D eigenvalue weighted by Gasteiger charge is 2.30. The third kappa shape index (κ3) is 5.51. The van der Waals surface area contributed by atoms with Gasteiger partial charge in [-0.25, -0.2) is 0 Å². The molecule has 0 radical (unpaired) electrons. The second-order valence-corrected chi connectivity index (χ2v) is 7.83. The maximum absolute atomic E-state index is 13.0. The molecule has 1 heterocycles. The highest BCUT2D eigenvalue weighted by Crippen LogP contribution is 2.20. The summed E-state index contributed by atoms with van der Waals surface area (Å²) in [5.74, 6) is 1.03. The van der Waals surface area contributed by atoms with Crippen LogP contribution in [0.3, 0.4) is 0 Å². The molecule has 1 fully saturated rings. The topological polar surface area (TPSA) is 46.0 Å². The first-order valence-corrected chi connectivity index (χ1v) is 10.7. The van der Waals surface area contributed by atoms with Gasteiger partial charge in [0, 0.05) is 5.69 Å². The van der Waals surface area contributed by atoms with Gasteiger partial charge in [0.15, 0.2) is 6.04 Å². The van der Waals surface area contributed by atoms with Gasteiger partial charge in [-0.1, -0.05) is 43.7 Å². The lowest BCUT2D eigenvalue weighted by molar-refractivity contribution is -0.914. The molecule has 1 saturated heterocycles. The molecule has 1 aliphatic heterocycles. The Hall–Kier alpha value is -2.53. The Morgan fingerprint density at radius 2 is 1.76 bits per heavy atom. The van der Waals surface area contributed by atoms with Gasteiger partial charge in [-0.3, -0.25) is 4.79 Å². The maximum Gasteiger partial charge on any atom is 0.278 e. The standard InChI is InChI=1S/C24H33N3O2/c1-4-8-23(20-9-6-5-7-10-20)25-24(28)19(2)26-15-17-27(18-16-26)21-11-13-22(29-3)14-12-21/h5-7,9-14,19,23H,4,8,15-18H2,1-3H3,(H,25,28)/p+1/t19-,23-/m1/s1. The van der Waals surface area contributed by atoms with E-state index in [-0.39, 0.29) is 18.0 Å². The summed E-state index contributed by atoms with van der Waals surface area (Å²) in [4.78, 5) is 16.7. The van der Waals surface area contributed by atoms with Gasteiger partial charge in [-0.05, 0) is 43.2 Å². The van der Waals surface area contributed by atoms with E-state index in [0.29, 0.717) is 0 Å². The molecule has 0 saturated carbocycles. The number of methoxy groups -OCH3 is 1. The zero-order valence-electron chi connectivity index (χ0n) is 17.9. The van der Waals surface area contributed by atoms with Crippen molar-refractivity contribution in [2.45, 2.75) is 38.8 Å². The average Bonchev–Trinajstić information content (AvgIpc) is 2.79. The van der Waals surface area contributed by atoms with E-state index in [1.54, 1.807) is 7.11 Å². The number of ether oxygens (including phenoxy) is 1. The second kappa shape index (κ2) is 10.3. The number of carbonyl (C=O) groups is 1. The highest BCUT2D eigenvalue weighted by atomic mass is 16.5. The summed E-state index contributed by atoms with van der Waals surface area (Å²) in [7, 11) is 1.69. The summed E-state index contributed by atoms with van der Waals surface area (Å²) >= 11 is 0. The average molecular weight is 397 g/mol. The summed E-state index contributed by atoms with van der Waals surface area (Å²) < 4.78 is 5.25. The first-order valence-electron chi connectivity index (χ1n) is 10.7. The molecular weight excluding hydrogens is 362 g/mol. The molecule has 0 spiro atoms. The Kier molecular flexibility index (Phi) is 7.53. The summed E-state index contributed by atoms with van der Waals surface area (Å²) in [6.07, 6.45) is 2.00. The van der Waals surface area contributed by atoms with Crippen molar-refractivity contribution in [3.63, 3.8) is 0 Å². The molecule has 2 N–H and O–H groups in total. The van der Waals surface area contributed by atoms with Crippen molar-refractivity contribution in [2.75, 3.05) is 38.2 Å². The second-order valence-electron chi connectivity index (χ2n) is 7.83. The number of hydrogen-bond donors (Lipinski definition) is 2. The Labute approximate surface area is 174 Å². The monoisotopic (exact) mass is 396 g/mol. The van der Waals surface area contributed by atoms with Crippen molar-refractivity contribution in [1.29, 1.82) is 0 Å². The SMILES string of the molecule is CCC[C@@H](NC(=O)[C@@H](C)[NH+]1CCN(c2ccc(OC)cc2)CC1)c1ccccc1. The van der Waals surface area contributed by atoms with Crippen molar-refractivity contribution in [3.8, 4) is 5.75 Å². The summed E-state index contributed by atoms with van der Waals surface area (Å²) in [6.45, 7) is 8.05. The number of amides is 1. The lowest BCUT2D eigenvalue weighted by Crippen LogP contribution is -3.19. The fourth-order valence-electron chi connectivity index (χ4n) is 4.06. The van der Waals surface area contributed by atoms with Gasteiger partial charge in [0.1, 0.15) is 5.75 Å². The first-order chi connectivity index (χ1) is 14.1. The number of rotatable bonds is 8. The first kappa shape index (κ1) is 21.2. The lowest BCUT2D eigenvalue weighted by atomic mass is 10.0. The molecule has 0 aliphatic carbocycles. The van der Waals surface area contributed by atoms with Crippen molar-refractivity contribution in [1.82, 2.24) is 5.32 Å². The molecule has 0 unspecified atom stereocenters. The zero-order chi connectivity index (χ0) is 20.6. The lowest BCUT2D eigenvalue weighted by Gasteiger charge is -2.36. The predicted octanol–water partition coefficient (Wildman–Crippen LogP) is 2.45. The van der Waals surface area contributed by atoms with Crippen LogP contribution < -0.4 is 19.9 Å². The highest BCUT2D eigenvalue weighted by molar-refractivity contribution is 5.80. The molecule has 29 heavy (non-hydrogen) atoms. The number of quaternary nitrogens is 1. The van der Waals surface area contributed by atoms with Crippen molar-refractivity contribution < 1.29 is 14.4 Å². The van der Waals surface area contributed by atoms with E-state index in [0.717, 1.165) is 44.8 Å². The minimum Gasteiger partial charge on any atom is -0.497 e. The number of nitrogens with one attached hydrogen (secondary N) is 2. The van der Waals surface area contributed by atoms with Crippen LogP contribution in [0.2, 0.25) is 0 Å². The van der Waals surface area contributed by atoms with E-state index < -0.39 is 0 Å². The third-order valence-electron chi connectivity index (χ3n) is 5.94. The van der Waals surface area contributed by atoms with Gasteiger partial charge in [0.2, 0.25) is 0 Å². The maximum atomic E-state index is 13.0. The van der Waals surface area contributed by atoms with Crippen LogP contribution in [-0.4, -0.2) is 45.2 Å². The number of hydrogen-bond acceptors (Lipinski definition) is 3. The number of benzene rings is 2. The van der Waals surface area contributed by atoms with Crippen molar-refractivity contribution in [2.24, 2.45) is 0 Å². The Balaban J connectivity index is 1.54. The smallest absolute Gasteiger partial charge is 0.278 e. The molecule has 2 aromatic carbocycles. The number of nitrogens with zero attached hydrogens (tertiary/aromatic N) is 1. The minimum atomic E-state index is -0.0453. The summed E-state index contributed by atoms with van der Waals surface area (Å²) in [5.41, 5.74) is 2.41. The van der Waals surface area contributed by atoms with E-state index in [2.05, 4.69) is 48.3 Å². The largest absolute Gasteiger partial charge is 0.497 e. The summed E-state index contributed by atoms with van der Waals surface area (Å²) in [6, 6.07) is 18.6. The number of anilines is 1. The van der Waals surface area contributed by atoms with Gasteiger partial charge in [-0.15, -0.1) is 0 Å². The van der Waals surface area contributed by atoms with Crippen LogP contribution in [0, 0.1) is 0 Å². The van der Waals surface area contributed by atoms with E-state index in [9.17, 15) is 4.79 Å². The van der Waals surface area contributed by atoms with Gasteiger partial charge in [0.05, 0.1) is 39.3 Å². The van der Waals surface area contributed by atoms with E-state index in [1.807, 2.05) is 30.3 Å². The van der Waals surface area contributed by atoms with E-state index in [4.69, 9.17) is 4.74 Å². The minimum absolute atomic E-state index is 0.0453. The molecule has 0 aromatic heterocycles. The van der Waals surface area contributed by atoms with Crippen LogP contribution in [0.1, 0.15) is 38.3 Å². The molecule has 2 atom stereocenters.